The molecule has 31 heavy (non-hydrogen) atoms. The van der Waals surface area contributed by atoms with Crippen molar-refractivity contribution in [2.45, 2.75) is 4.90 Å². The number of carbonyl (C=O) groups excluding carboxylic acids is 2. The molecule has 1 heterocycles. The van der Waals surface area contributed by atoms with Gasteiger partial charge in [0.25, 0.3) is 27.4 Å². The second-order valence-corrected chi connectivity index (χ2v) is 8.03. The Morgan fingerprint density at radius 2 is 1.45 bits per heavy atom. The Morgan fingerprint density at radius 3 is 2.10 bits per heavy atom. The maximum Gasteiger partial charge on any atom is 0.325 e. The van der Waals surface area contributed by atoms with Gasteiger partial charge in [-0.3, -0.25) is 34.9 Å². The molecule has 11 nitrogen and oxygen atoms in total. The second kappa shape index (κ2) is 8.85. The number of hydrogen-bond acceptors (Lipinski definition) is 6. The molecule has 2 amide bonds. The van der Waals surface area contributed by atoms with Crippen LogP contribution in [0.5, 0.6) is 0 Å². The van der Waals surface area contributed by atoms with E-state index in [2.05, 4.69) is 20.6 Å². The summed E-state index contributed by atoms with van der Waals surface area (Å²) in [6.07, 6.45) is 0.732. The van der Waals surface area contributed by atoms with E-state index in [4.69, 9.17) is 11.6 Å². The molecule has 3 rings (SSSR count). The zero-order valence-corrected chi connectivity index (χ0v) is 17.0. The number of aromatic nitrogens is 2. The monoisotopic (exact) mass is 463 g/mol. The van der Waals surface area contributed by atoms with Crippen LogP contribution >= 0.6 is 11.6 Å². The largest absolute Gasteiger partial charge is 0.325 e. The third kappa shape index (κ3) is 4.99. The van der Waals surface area contributed by atoms with Crippen molar-refractivity contribution in [1.82, 2.24) is 20.8 Å². The van der Waals surface area contributed by atoms with Crippen LogP contribution in [0.1, 0.15) is 20.7 Å². The minimum absolute atomic E-state index is 0.121. The van der Waals surface area contributed by atoms with Gasteiger partial charge < -0.3 is 4.98 Å². The van der Waals surface area contributed by atoms with Crippen LogP contribution in [0.4, 0.5) is 5.69 Å². The molecule has 0 aliphatic carbocycles. The van der Waals surface area contributed by atoms with Gasteiger partial charge in [-0.2, -0.15) is 0 Å². The number of hydrogen-bond donors (Lipinski definition) is 5. The summed E-state index contributed by atoms with van der Waals surface area (Å²) in [5, 5.41) is 0.175. The molecule has 160 valence electrons. The highest BCUT2D eigenvalue weighted by molar-refractivity contribution is 7.92. The van der Waals surface area contributed by atoms with Gasteiger partial charge in [0.2, 0.25) is 0 Å². The number of aromatic amines is 2. The summed E-state index contributed by atoms with van der Waals surface area (Å²) in [6, 6.07) is 11.7. The summed E-state index contributed by atoms with van der Waals surface area (Å²) in [7, 11) is -4.45. The van der Waals surface area contributed by atoms with Crippen molar-refractivity contribution >= 4 is 39.1 Å². The van der Waals surface area contributed by atoms with Crippen LogP contribution in [0, 0.1) is 0 Å². The lowest BCUT2D eigenvalue weighted by molar-refractivity contribution is 0.0847. The summed E-state index contributed by atoms with van der Waals surface area (Å²) in [5.74, 6) is -1.52. The second-order valence-electron chi connectivity index (χ2n) is 5.98. The van der Waals surface area contributed by atoms with Gasteiger partial charge in [0.1, 0.15) is 0 Å². The molecule has 0 atom stereocenters. The maximum atomic E-state index is 12.5. The van der Waals surface area contributed by atoms with Crippen molar-refractivity contribution in [3.05, 3.63) is 91.7 Å². The molecule has 5 N–H and O–H groups in total. The van der Waals surface area contributed by atoms with Crippen LogP contribution < -0.4 is 26.8 Å². The first kappa shape index (κ1) is 21.8. The van der Waals surface area contributed by atoms with E-state index in [-0.39, 0.29) is 21.8 Å². The minimum atomic E-state index is -4.45. The predicted octanol–water partition coefficient (Wildman–Crippen LogP) is 0.592. The topological polar surface area (TPSA) is 170 Å². The number of halogens is 1. The van der Waals surface area contributed by atoms with E-state index in [0.717, 1.165) is 6.20 Å². The van der Waals surface area contributed by atoms with Crippen molar-refractivity contribution in [3.8, 4) is 0 Å². The molecule has 0 bridgehead atoms. The number of hydrazine groups is 1. The summed E-state index contributed by atoms with van der Waals surface area (Å²) in [6.45, 7) is 0. The number of nitrogens with one attached hydrogen (secondary N) is 5. The molecule has 0 fully saturated rings. The normalized spacial score (nSPS) is 10.9. The Balaban J connectivity index is 1.80. The number of carbonyl (C=O) groups is 2. The zero-order chi connectivity index (χ0) is 22.6. The zero-order valence-electron chi connectivity index (χ0n) is 15.4. The van der Waals surface area contributed by atoms with Crippen LogP contribution in [-0.4, -0.2) is 30.2 Å². The van der Waals surface area contributed by atoms with Gasteiger partial charge in [-0.25, -0.2) is 13.2 Å². The van der Waals surface area contributed by atoms with Gasteiger partial charge in [0, 0.05) is 6.20 Å². The molecule has 0 aliphatic heterocycles. The summed E-state index contributed by atoms with van der Waals surface area (Å²) < 4.78 is 27.2. The van der Waals surface area contributed by atoms with Gasteiger partial charge in [0.15, 0.2) is 4.90 Å². The molecule has 0 saturated carbocycles. The standard InChI is InChI=1S/C18H14ClN5O6S/c19-12-7-3-1-5-10(12)15(25)22-23-16(26)11-6-2-4-8-13(11)24-31(29,30)14-9-20-18(28)21-17(14)27/h1-9,24H,(H,22,25)(H,23,26)(H2,20,21,27,28). The van der Waals surface area contributed by atoms with Crippen LogP contribution in [0.25, 0.3) is 0 Å². The Labute approximate surface area is 179 Å². The lowest BCUT2D eigenvalue weighted by Crippen LogP contribution is -2.42. The number of sulfonamides is 1. The van der Waals surface area contributed by atoms with E-state index >= 15 is 0 Å². The van der Waals surface area contributed by atoms with Crippen molar-refractivity contribution in [2.75, 3.05) is 4.72 Å². The number of rotatable bonds is 5. The van der Waals surface area contributed by atoms with Gasteiger partial charge in [-0.1, -0.05) is 35.9 Å². The van der Waals surface area contributed by atoms with E-state index in [1.807, 2.05) is 0 Å². The molecule has 0 radical (unpaired) electrons. The number of amides is 2. The molecule has 0 spiro atoms. The smallest absolute Gasteiger partial charge is 0.313 e. The molecule has 2 aromatic carbocycles. The molecule has 0 unspecified atom stereocenters. The highest BCUT2D eigenvalue weighted by Gasteiger charge is 2.22. The fourth-order valence-corrected chi connectivity index (χ4v) is 3.77. The van der Waals surface area contributed by atoms with Crippen molar-refractivity contribution in [3.63, 3.8) is 0 Å². The maximum absolute atomic E-state index is 12.5. The average molecular weight is 464 g/mol. The number of H-pyrrole nitrogens is 2. The molecular formula is C18H14ClN5O6S. The lowest BCUT2D eigenvalue weighted by Gasteiger charge is -2.13. The van der Waals surface area contributed by atoms with E-state index in [0.29, 0.717) is 0 Å². The Bertz CT molecular complexity index is 1380. The highest BCUT2D eigenvalue weighted by atomic mass is 35.5. The van der Waals surface area contributed by atoms with Crippen LogP contribution in [0.2, 0.25) is 5.02 Å². The van der Waals surface area contributed by atoms with Crippen LogP contribution in [0.3, 0.4) is 0 Å². The molecule has 1 aromatic heterocycles. The SMILES string of the molecule is O=C(NNC(=O)c1ccccc1NS(=O)(=O)c1c[nH]c(=O)[nH]c1=O)c1ccccc1Cl. The third-order valence-corrected chi connectivity index (χ3v) is 5.60. The molecule has 0 aliphatic rings. The summed E-state index contributed by atoms with van der Waals surface area (Å²) in [4.78, 5) is 50.7. The van der Waals surface area contributed by atoms with E-state index in [9.17, 15) is 27.6 Å². The summed E-state index contributed by atoms with van der Waals surface area (Å²) >= 11 is 5.93. The van der Waals surface area contributed by atoms with Crippen molar-refractivity contribution in [2.24, 2.45) is 0 Å². The first-order chi connectivity index (χ1) is 14.7. The van der Waals surface area contributed by atoms with Crippen LogP contribution in [-0.2, 0) is 10.0 Å². The lowest BCUT2D eigenvalue weighted by atomic mass is 10.2. The Morgan fingerprint density at radius 1 is 0.871 bits per heavy atom. The van der Waals surface area contributed by atoms with E-state index in [1.54, 1.807) is 17.1 Å². The van der Waals surface area contributed by atoms with Gasteiger partial charge in [-0.15, -0.1) is 0 Å². The first-order valence-corrected chi connectivity index (χ1v) is 10.3. The quantitative estimate of drug-likeness (QED) is 0.347. The van der Waals surface area contributed by atoms with E-state index < -0.39 is 38.0 Å². The Kier molecular flexibility index (Phi) is 6.22. The van der Waals surface area contributed by atoms with Crippen molar-refractivity contribution in [1.29, 1.82) is 0 Å². The number of para-hydroxylation sites is 1. The molecular weight excluding hydrogens is 450 g/mol. The number of benzene rings is 2. The summed E-state index contributed by atoms with van der Waals surface area (Å²) in [5.41, 5.74) is 2.14. The van der Waals surface area contributed by atoms with Crippen molar-refractivity contribution < 1.29 is 18.0 Å². The fraction of sp³-hybridized carbons (Fsp3) is 0. The fourth-order valence-electron chi connectivity index (χ4n) is 2.46. The first-order valence-electron chi connectivity index (χ1n) is 8.48. The molecule has 0 saturated heterocycles. The Hall–Kier alpha value is -3.90. The predicted molar refractivity (Wildman–Crippen MR) is 111 cm³/mol. The minimum Gasteiger partial charge on any atom is -0.313 e. The van der Waals surface area contributed by atoms with E-state index in [1.165, 1.54) is 36.4 Å². The van der Waals surface area contributed by atoms with Gasteiger partial charge in [-0.05, 0) is 24.3 Å². The third-order valence-electron chi connectivity index (χ3n) is 3.90. The number of anilines is 1. The van der Waals surface area contributed by atoms with Gasteiger partial charge in [0.05, 0.1) is 21.8 Å². The van der Waals surface area contributed by atoms with Crippen LogP contribution in [0.15, 0.2) is 69.2 Å². The molecule has 13 heteroatoms. The average Bonchev–Trinajstić information content (AvgIpc) is 2.72. The molecule has 3 aromatic rings. The highest BCUT2D eigenvalue weighted by Crippen LogP contribution is 2.18. The van der Waals surface area contributed by atoms with Gasteiger partial charge >= 0.3 is 5.69 Å².